The zero-order valence-electron chi connectivity index (χ0n) is 15.8. The summed E-state index contributed by atoms with van der Waals surface area (Å²) in [6.07, 6.45) is -3.98. The lowest BCUT2D eigenvalue weighted by molar-refractivity contribution is 0.00854. The Morgan fingerprint density at radius 1 is 0.600 bits per heavy atom. The maximum absolute atomic E-state index is 12.2. The predicted molar refractivity (Wildman–Crippen MR) is 96.6 cm³/mol. The zero-order valence-corrected chi connectivity index (χ0v) is 15.8. The predicted octanol–water partition coefficient (Wildman–Crippen LogP) is -2.78. The van der Waals surface area contributed by atoms with Crippen molar-refractivity contribution < 1.29 is 59.2 Å². The van der Waals surface area contributed by atoms with E-state index >= 15 is 0 Å². The van der Waals surface area contributed by atoms with E-state index in [0.29, 0.717) is 0 Å². The number of ether oxygens (including phenoxy) is 3. The van der Waals surface area contributed by atoms with Gasteiger partial charge in [0.1, 0.15) is 38.1 Å². The summed E-state index contributed by atoms with van der Waals surface area (Å²) in [5.41, 5.74) is -0.856. The van der Waals surface area contributed by atoms with Gasteiger partial charge in [-0.3, -0.25) is 0 Å². The van der Waals surface area contributed by atoms with E-state index in [2.05, 4.69) is 0 Å². The molecule has 0 bridgehead atoms. The minimum absolute atomic E-state index is 0.285. The Hall–Kier alpha value is -2.61. The molecular formula is C18H24O12. The fraction of sp³-hybridized carbons (Fsp3) is 0.500. The second-order valence-corrected chi connectivity index (χ2v) is 6.10. The molecule has 0 amide bonds. The van der Waals surface area contributed by atoms with Gasteiger partial charge in [0.05, 0.1) is 36.5 Å². The molecule has 0 aliphatic heterocycles. The number of hydrogen-bond acceptors (Lipinski definition) is 12. The highest BCUT2D eigenvalue weighted by molar-refractivity contribution is 6.00. The van der Waals surface area contributed by atoms with Gasteiger partial charge >= 0.3 is 17.9 Å². The number of aliphatic hydroxyl groups excluding tert-OH is 6. The largest absolute Gasteiger partial charge is 0.459 e. The molecule has 12 heteroatoms. The van der Waals surface area contributed by atoms with Crippen LogP contribution in [0.4, 0.5) is 0 Å². The van der Waals surface area contributed by atoms with E-state index in [4.69, 9.17) is 29.5 Å². The molecule has 0 heterocycles. The van der Waals surface area contributed by atoms with E-state index in [1.165, 1.54) is 0 Å². The van der Waals surface area contributed by atoms with Gasteiger partial charge in [-0.1, -0.05) is 0 Å². The Balaban J connectivity index is 3.09. The summed E-state index contributed by atoms with van der Waals surface area (Å²) in [5, 5.41) is 54.1. The molecule has 0 aliphatic rings. The Morgan fingerprint density at radius 3 is 1.03 bits per heavy atom. The van der Waals surface area contributed by atoms with Gasteiger partial charge in [0, 0.05) is 0 Å². The molecule has 6 N–H and O–H groups in total. The average molecular weight is 432 g/mol. The summed E-state index contributed by atoms with van der Waals surface area (Å²) >= 11 is 0. The topological polar surface area (TPSA) is 200 Å². The molecule has 1 aromatic carbocycles. The summed E-state index contributed by atoms with van der Waals surface area (Å²) in [5.74, 6) is -3.09. The van der Waals surface area contributed by atoms with Gasteiger partial charge < -0.3 is 44.8 Å². The quantitative estimate of drug-likeness (QED) is 0.147. The van der Waals surface area contributed by atoms with Crippen molar-refractivity contribution in [1.29, 1.82) is 0 Å². The maximum Gasteiger partial charge on any atom is 0.338 e. The fourth-order valence-electron chi connectivity index (χ4n) is 1.90. The first-order valence-corrected chi connectivity index (χ1v) is 8.75. The van der Waals surface area contributed by atoms with Crippen molar-refractivity contribution in [2.24, 2.45) is 0 Å². The van der Waals surface area contributed by atoms with Gasteiger partial charge in [-0.15, -0.1) is 0 Å². The molecule has 0 saturated carbocycles. The lowest BCUT2D eigenvalue weighted by atomic mass is 10.1. The van der Waals surface area contributed by atoms with Crippen molar-refractivity contribution in [3.8, 4) is 0 Å². The van der Waals surface area contributed by atoms with E-state index in [1.54, 1.807) is 0 Å². The molecule has 0 spiro atoms. The highest BCUT2D eigenvalue weighted by Gasteiger charge is 2.20. The van der Waals surface area contributed by atoms with E-state index in [0.717, 1.165) is 18.2 Å². The molecule has 30 heavy (non-hydrogen) atoms. The molecule has 3 atom stereocenters. The highest BCUT2D eigenvalue weighted by atomic mass is 16.6. The minimum Gasteiger partial charge on any atom is -0.459 e. The van der Waals surface area contributed by atoms with E-state index < -0.39 is 75.9 Å². The molecule has 0 saturated heterocycles. The van der Waals surface area contributed by atoms with Gasteiger partial charge in [0.2, 0.25) is 0 Å². The van der Waals surface area contributed by atoms with Gasteiger partial charge in [-0.05, 0) is 18.2 Å². The van der Waals surface area contributed by atoms with Crippen LogP contribution in [0.25, 0.3) is 0 Å². The molecule has 3 unspecified atom stereocenters. The molecule has 0 aliphatic carbocycles. The van der Waals surface area contributed by atoms with Crippen LogP contribution in [0.1, 0.15) is 31.1 Å². The van der Waals surface area contributed by atoms with Crippen molar-refractivity contribution in [3.63, 3.8) is 0 Å². The lowest BCUT2D eigenvalue weighted by Crippen LogP contribution is -2.24. The average Bonchev–Trinajstić information content (AvgIpc) is 2.77. The Bertz CT molecular complexity index is 612. The minimum atomic E-state index is -1.33. The van der Waals surface area contributed by atoms with Crippen LogP contribution in [-0.4, -0.2) is 107 Å². The van der Waals surface area contributed by atoms with Gasteiger partial charge in [-0.25, -0.2) is 14.4 Å². The van der Waals surface area contributed by atoms with Gasteiger partial charge in [-0.2, -0.15) is 0 Å². The standard InChI is InChI=1S/C18H24O12/c19-4-13(22)7-28-16(25)10-1-11(17(26)29-8-14(23)5-20)3-12(2-10)18(27)30-9-15(24)6-21/h1-3,13-15,19-24H,4-9H2. The number of hydrogen-bond donors (Lipinski definition) is 6. The SMILES string of the molecule is O=C(OCC(O)CO)c1cc(C(=O)OCC(O)CO)cc(C(=O)OCC(O)CO)c1. The summed E-state index contributed by atoms with van der Waals surface area (Å²) in [7, 11) is 0. The third kappa shape index (κ3) is 8.41. The van der Waals surface area contributed by atoms with Crippen LogP contribution in [0.3, 0.4) is 0 Å². The van der Waals surface area contributed by atoms with Crippen molar-refractivity contribution in [2.75, 3.05) is 39.6 Å². The number of aliphatic hydroxyl groups is 6. The molecule has 168 valence electrons. The van der Waals surface area contributed by atoms with E-state index in [1.807, 2.05) is 0 Å². The summed E-state index contributed by atoms with van der Waals surface area (Å²) in [6, 6.07) is 3.09. The number of benzene rings is 1. The van der Waals surface area contributed by atoms with Crippen LogP contribution in [0.15, 0.2) is 18.2 Å². The lowest BCUT2D eigenvalue weighted by Gasteiger charge is -2.13. The Morgan fingerprint density at radius 2 is 0.833 bits per heavy atom. The van der Waals surface area contributed by atoms with Crippen LogP contribution in [-0.2, 0) is 14.2 Å². The van der Waals surface area contributed by atoms with Crippen molar-refractivity contribution >= 4 is 17.9 Å². The maximum atomic E-state index is 12.2. The molecule has 0 radical (unpaired) electrons. The first kappa shape index (κ1) is 25.4. The summed E-state index contributed by atoms with van der Waals surface area (Å²) in [4.78, 5) is 36.5. The molecule has 1 rings (SSSR count). The van der Waals surface area contributed by atoms with Crippen molar-refractivity contribution in [3.05, 3.63) is 34.9 Å². The first-order chi connectivity index (χ1) is 14.2. The van der Waals surface area contributed by atoms with E-state index in [9.17, 15) is 29.7 Å². The molecule has 0 fully saturated rings. The third-order valence-electron chi connectivity index (χ3n) is 3.49. The smallest absolute Gasteiger partial charge is 0.338 e. The molecule has 1 aromatic rings. The normalized spacial score (nSPS) is 13.8. The first-order valence-electron chi connectivity index (χ1n) is 8.75. The van der Waals surface area contributed by atoms with Crippen LogP contribution in [0, 0.1) is 0 Å². The van der Waals surface area contributed by atoms with Crippen LogP contribution in [0.2, 0.25) is 0 Å². The van der Waals surface area contributed by atoms with Gasteiger partial charge in [0.25, 0.3) is 0 Å². The number of carbonyl (C=O) groups is 3. The third-order valence-corrected chi connectivity index (χ3v) is 3.49. The van der Waals surface area contributed by atoms with Crippen molar-refractivity contribution in [2.45, 2.75) is 18.3 Å². The number of carbonyl (C=O) groups excluding carboxylic acids is 3. The Labute approximate surface area is 170 Å². The van der Waals surface area contributed by atoms with Crippen LogP contribution < -0.4 is 0 Å². The van der Waals surface area contributed by atoms with E-state index in [-0.39, 0.29) is 16.7 Å². The monoisotopic (exact) mass is 432 g/mol. The second kappa shape index (κ2) is 12.8. The van der Waals surface area contributed by atoms with Crippen molar-refractivity contribution in [1.82, 2.24) is 0 Å². The molecule has 12 nitrogen and oxygen atoms in total. The number of esters is 3. The number of rotatable bonds is 12. The molecule has 0 aromatic heterocycles. The Kier molecular flexibility index (Phi) is 10.9. The van der Waals surface area contributed by atoms with Gasteiger partial charge in [0.15, 0.2) is 0 Å². The summed E-state index contributed by atoms with van der Waals surface area (Å²) < 4.78 is 14.3. The summed E-state index contributed by atoms with van der Waals surface area (Å²) in [6.45, 7) is -3.60. The van der Waals surface area contributed by atoms with Crippen LogP contribution >= 0.6 is 0 Å². The highest BCUT2D eigenvalue weighted by Crippen LogP contribution is 2.15. The fourth-order valence-corrected chi connectivity index (χ4v) is 1.90. The second-order valence-electron chi connectivity index (χ2n) is 6.10. The molecular weight excluding hydrogens is 408 g/mol. The zero-order chi connectivity index (χ0) is 22.7. The van der Waals surface area contributed by atoms with Crippen LogP contribution in [0.5, 0.6) is 0 Å².